The van der Waals surface area contributed by atoms with E-state index in [9.17, 15) is 32.3 Å². The predicted molar refractivity (Wildman–Crippen MR) is 75.6 cm³/mol. The van der Waals surface area contributed by atoms with Crippen molar-refractivity contribution in [2.45, 2.75) is 12.2 Å². The molecule has 0 saturated heterocycles. The number of carboxylic acid groups (broad SMARTS) is 1. The molecule has 23 heavy (non-hydrogen) atoms. The van der Waals surface area contributed by atoms with Crippen molar-refractivity contribution in [1.29, 1.82) is 0 Å². The van der Waals surface area contributed by atoms with Crippen LogP contribution in [-0.4, -0.2) is 15.6 Å². The smallest absolute Gasteiger partial charge is 0.416 e. The molecule has 1 aromatic heterocycles. The molecule has 0 amide bonds. The van der Waals surface area contributed by atoms with E-state index in [1.165, 1.54) is 6.07 Å². The zero-order valence-corrected chi connectivity index (χ0v) is 12.7. The van der Waals surface area contributed by atoms with E-state index in [2.05, 4.69) is 15.9 Å². The fraction of sp³-hybridized carbons (Fsp3) is 0.143. The molecule has 122 valence electrons. The molecular formula is C14H8BrF4NO3. The molecular weight excluding hydrogens is 386 g/mol. The Balaban J connectivity index is 2.62. The van der Waals surface area contributed by atoms with Crippen molar-refractivity contribution in [3.8, 4) is 0 Å². The summed E-state index contributed by atoms with van der Waals surface area (Å²) in [4.78, 5) is 23.3. The third-order valence-corrected chi connectivity index (χ3v) is 3.53. The van der Waals surface area contributed by atoms with Crippen molar-refractivity contribution in [3.05, 3.63) is 68.3 Å². The van der Waals surface area contributed by atoms with Crippen LogP contribution in [0, 0.1) is 5.82 Å². The van der Waals surface area contributed by atoms with Crippen LogP contribution in [0.2, 0.25) is 0 Å². The Morgan fingerprint density at radius 2 is 1.87 bits per heavy atom. The first-order valence-electron chi connectivity index (χ1n) is 6.08. The molecule has 2 aromatic rings. The third kappa shape index (κ3) is 3.61. The number of hydrogen-bond donors (Lipinski definition) is 1. The molecule has 2 rings (SSSR count). The molecule has 9 heteroatoms. The van der Waals surface area contributed by atoms with E-state index in [1.807, 2.05) is 0 Å². The lowest BCUT2D eigenvalue weighted by Crippen LogP contribution is -2.31. The van der Waals surface area contributed by atoms with Crippen LogP contribution in [0.25, 0.3) is 0 Å². The summed E-state index contributed by atoms with van der Waals surface area (Å²) in [7, 11) is 0. The maximum Gasteiger partial charge on any atom is 0.416 e. The van der Waals surface area contributed by atoms with Crippen molar-refractivity contribution in [2.24, 2.45) is 0 Å². The number of halogens is 5. The van der Waals surface area contributed by atoms with Crippen LogP contribution in [-0.2, 0) is 11.0 Å². The quantitative estimate of drug-likeness (QED) is 0.812. The molecule has 0 aliphatic heterocycles. The zero-order valence-electron chi connectivity index (χ0n) is 11.1. The maximum absolute atomic E-state index is 13.9. The molecule has 0 aliphatic rings. The highest BCUT2D eigenvalue weighted by molar-refractivity contribution is 9.10. The molecule has 1 unspecified atom stereocenters. The Bertz CT molecular complexity index is 816. The molecule has 1 atom stereocenters. The molecule has 1 aromatic carbocycles. The van der Waals surface area contributed by atoms with Gasteiger partial charge in [-0.05, 0) is 24.3 Å². The topological polar surface area (TPSA) is 59.3 Å². The second-order valence-corrected chi connectivity index (χ2v) is 5.48. The number of hydrogen-bond acceptors (Lipinski definition) is 2. The Labute approximate surface area is 135 Å². The van der Waals surface area contributed by atoms with Gasteiger partial charge >= 0.3 is 12.1 Å². The van der Waals surface area contributed by atoms with E-state index < -0.39 is 35.1 Å². The number of nitrogens with zero attached hydrogens (tertiary/aromatic N) is 1. The fourth-order valence-corrected chi connectivity index (χ4v) is 2.38. The predicted octanol–water partition coefficient (Wildman–Crippen LogP) is 3.44. The van der Waals surface area contributed by atoms with Crippen LogP contribution in [0.3, 0.4) is 0 Å². The second-order valence-electron chi connectivity index (χ2n) is 4.57. The molecule has 0 spiro atoms. The lowest BCUT2D eigenvalue weighted by molar-refractivity contribution is -0.139. The van der Waals surface area contributed by atoms with E-state index >= 15 is 0 Å². The van der Waals surface area contributed by atoms with Crippen molar-refractivity contribution in [3.63, 3.8) is 0 Å². The number of aromatic nitrogens is 1. The van der Waals surface area contributed by atoms with Gasteiger partial charge in [-0.3, -0.25) is 9.36 Å². The number of aliphatic carboxylic acids is 1. The van der Waals surface area contributed by atoms with Gasteiger partial charge in [-0.25, -0.2) is 9.18 Å². The van der Waals surface area contributed by atoms with Crippen LogP contribution in [0.15, 0.2) is 45.8 Å². The average Bonchev–Trinajstić information content (AvgIpc) is 2.43. The fourth-order valence-electron chi connectivity index (χ4n) is 2.01. The highest BCUT2D eigenvalue weighted by Crippen LogP contribution is 2.29. The highest BCUT2D eigenvalue weighted by Gasteiger charge is 2.32. The van der Waals surface area contributed by atoms with Gasteiger partial charge in [0.1, 0.15) is 5.82 Å². The Hall–Kier alpha value is -2.16. The van der Waals surface area contributed by atoms with Crippen LogP contribution in [0.1, 0.15) is 17.2 Å². The lowest BCUT2D eigenvalue weighted by Gasteiger charge is -2.18. The summed E-state index contributed by atoms with van der Waals surface area (Å²) in [5, 5.41) is 9.29. The molecule has 0 radical (unpaired) electrons. The first-order valence-corrected chi connectivity index (χ1v) is 6.87. The van der Waals surface area contributed by atoms with Crippen molar-refractivity contribution < 1.29 is 27.5 Å². The Kier molecular flexibility index (Phi) is 4.60. The first kappa shape index (κ1) is 17.2. The van der Waals surface area contributed by atoms with E-state index in [4.69, 9.17) is 0 Å². The lowest BCUT2D eigenvalue weighted by atomic mass is 10.1. The summed E-state index contributed by atoms with van der Waals surface area (Å²) in [6.07, 6.45) is -4.05. The van der Waals surface area contributed by atoms with Crippen LogP contribution >= 0.6 is 15.9 Å². The van der Waals surface area contributed by atoms with E-state index in [0.717, 1.165) is 12.1 Å². The monoisotopic (exact) mass is 393 g/mol. The molecule has 4 nitrogen and oxygen atoms in total. The largest absolute Gasteiger partial charge is 0.479 e. The molecule has 1 N–H and O–H groups in total. The highest BCUT2D eigenvalue weighted by atomic mass is 79.9. The van der Waals surface area contributed by atoms with Gasteiger partial charge in [0.15, 0.2) is 6.04 Å². The minimum atomic E-state index is -4.74. The van der Waals surface area contributed by atoms with Gasteiger partial charge in [0.2, 0.25) is 0 Å². The van der Waals surface area contributed by atoms with Gasteiger partial charge in [0.25, 0.3) is 5.56 Å². The van der Waals surface area contributed by atoms with E-state index in [1.54, 1.807) is 0 Å². The summed E-state index contributed by atoms with van der Waals surface area (Å²) in [6.45, 7) is 0. The van der Waals surface area contributed by atoms with Crippen LogP contribution in [0.5, 0.6) is 0 Å². The van der Waals surface area contributed by atoms with Gasteiger partial charge in [-0.15, -0.1) is 0 Å². The molecule has 0 fully saturated rings. The number of carbonyl (C=O) groups is 1. The van der Waals surface area contributed by atoms with Gasteiger partial charge in [-0.1, -0.05) is 15.9 Å². The minimum Gasteiger partial charge on any atom is -0.479 e. The second kappa shape index (κ2) is 6.15. The van der Waals surface area contributed by atoms with Crippen molar-refractivity contribution in [1.82, 2.24) is 4.57 Å². The summed E-state index contributed by atoms with van der Waals surface area (Å²) in [5.41, 5.74) is -2.77. The maximum atomic E-state index is 13.9. The number of carboxylic acids is 1. The van der Waals surface area contributed by atoms with Crippen LogP contribution < -0.4 is 5.56 Å². The summed E-state index contributed by atoms with van der Waals surface area (Å²) in [6, 6.07) is 2.51. The standard InChI is InChI=1S/C14H8BrF4NO3/c15-8-1-2-10(16)9(6-8)12(13(22)23)20-4-3-7(5-11(20)21)14(17,18)19/h1-6,12H,(H,22,23). The number of alkyl halides is 3. The Morgan fingerprint density at radius 3 is 2.39 bits per heavy atom. The van der Waals surface area contributed by atoms with Gasteiger partial charge in [0.05, 0.1) is 5.56 Å². The summed E-state index contributed by atoms with van der Waals surface area (Å²) < 4.78 is 52.5. The van der Waals surface area contributed by atoms with Crippen molar-refractivity contribution in [2.75, 3.05) is 0 Å². The average molecular weight is 394 g/mol. The number of benzene rings is 1. The first-order chi connectivity index (χ1) is 10.6. The van der Waals surface area contributed by atoms with Crippen LogP contribution in [0.4, 0.5) is 17.6 Å². The van der Waals surface area contributed by atoms with E-state index in [-0.39, 0.29) is 11.6 Å². The number of rotatable bonds is 3. The van der Waals surface area contributed by atoms with Crippen molar-refractivity contribution >= 4 is 21.9 Å². The van der Waals surface area contributed by atoms with Gasteiger partial charge < -0.3 is 5.11 Å². The normalized spacial score (nSPS) is 12.9. The molecule has 0 bridgehead atoms. The SMILES string of the molecule is O=C(O)C(c1cc(Br)ccc1F)n1ccc(C(F)(F)F)cc1=O. The zero-order chi connectivity index (χ0) is 17.4. The van der Waals surface area contributed by atoms with E-state index in [0.29, 0.717) is 21.3 Å². The van der Waals surface area contributed by atoms with Gasteiger partial charge in [0, 0.05) is 22.3 Å². The van der Waals surface area contributed by atoms with Gasteiger partial charge in [-0.2, -0.15) is 13.2 Å². The number of pyridine rings is 1. The minimum absolute atomic E-state index is 0.270. The summed E-state index contributed by atoms with van der Waals surface area (Å²) >= 11 is 3.05. The summed E-state index contributed by atoms with van der Waals surface area (Å²) in [5.74, 6) is -2.48. The molecule has 0 aliphatic carbocycles. The third-order valence-electron chi connectivity index (χ3n) is 3.04. The Morgan fingerprint density at radius 1 is 1.22 bits per heavy atom. The molecule has 1 heterocycles. The molecule has 0 saturated carbocycles.